The van der Waals surface area contributed by atoms with Crippen LogP contribution in [-0.2, 0) is 23.8 Å². The molecule has 0 fully saturated rings. The molecule has 220 valence electrons. The van der Waals surface area contributed by atoms with Crippen molar-refractivity contribution in [1.29, 1.82) is 0 Å². The number of esters is 1. The quantitative estimate of drug-likeness (QED) is 0.178. The molecule has 1 aromatic rings. The van der Waals surface area contributed by atoms with Gasteiger partial charge in [0.1, 0.15) is 23.3 Å². The van der Waals surface area contributed by atoms with Gasteiger partial charge in [0, 0.05) is 18.3 Å². The highest BCUT2D eigenvalue weighted by Crippen LogP contribution is 2.38. The van der Waals surface area contributed by atoms with Gasteiger partial charge in [0.05, 0.1) is 0 Å². The lowest BCUT2D eigenvalue weighted by atomic mass is 9.79. The first-order valence-corrected chi connectivity index (χ1v) is 13.1. The van der Waals surface area contributed by atoms with Crippen molar-refractivity contribution in [2.45, 2.75) is 111 Å². The number of benzene rings is 1. The number of carboxylic acid groups (broad SMARTS) is 1. The minimum atomic E-state index is -1.40. The molecule has 11 heteroatoms. The van der Waals surface area contributed by atoms with Gasteiger partial charge >= 0.3 is 24.2 Å². The highest BCUT2D eigenvalue weighted by molar-refractivity contribution is 5.75. The molecule has 0 aliphatic rings. The van der Waals surface area contributed by atoms with Gasteiger partial charge in [0.2, 0.25) is 0 Å². The summed E-state index contributed by atoms with van der Waals surface area (Å²) in [5, 5.41) is 9.72. The second-order valence-corrected chi connectivity index (χ2v) is 10.6. The Balaban J connectivity index is 3.53. The van der Waals surface area contributed by atoms with E-state index in [1.54, 1.807) is 48.5 Å². The summed E-state index contributed by atoms with van der Waals surface area (Å²) < 4.78 is 26.9. The normalized spacial score (nSPS) is 14.8. The van der Waals surface area contributed by atoms with E-state index in [2.05, 4.69) is 0 Å². The summed E-state index contributed by atoms with van der Waals surface area (Å²) in [5.41, 5.74) is 4.79. The summed E-state index contributed by atoms with van der Waals surface area (Å²) in [7, 11) is 0. The van der Waals surface area contributed by atoms with Gasteiger partial charge in [0.15, 0.2) is 11.5 Å². The van der Waals surface area contributed by atoms with Crippen molar-refractivity contribution in [2.24, 2.45) is 11.7 Å². The molecule has 3 N–H and O–H groups in total. The highest BCUT2D eigenvalue weighted by atomic mass is 16.8. The van der Waals surface area contributed by atoms with E-state index in [-0.39, 0.29) is 17.9 Å². The molecular formula is C28H43NO10. The monoisotopic (exact) mass is 553 g/mol. The standard InChI is InChI=1S/C28H43NO10/c1-10-21(30)35-17(5)16(4)22(23(29)24(31)32)18-13-14-19(36-25(33)38-27(6,7)11-2)20(15-18)37-26(34)39-28(8,9)12-3/h13-17,22-23H,10-12,29H2,1-9H3,(H,31,32)/t16?,17?,22?,23-/m0/s1. The molecule has 0 aliphatic carbocycles. The molecule has 0 saturated heterocycles. The first-order valence-electron chi connectivity index (χ1n) is 13.1. The fraction of sp³-hybridized carbons (Fsp3) is 0.643. The van der Waals surface area contributed by atoms with Crippen molar-refractivity contribution >= 4 is 24.2 Å². The van der Waals surface area contributed by atoms with Crippen LogP contribution in [0.3, 0.4) is 0 Å². The van der Waals surface area contributed by atoms with Crippen molar-refractivity contribution in [3.63, 3.8) is 0 Å². The van der Waals surface area contributed by atoms with Crippen molar-refractivity contribution in [3.05, 3.63) is 23.8 Å². The number of hydrogen-bond acceptors (Lipinski definition) is 10. The van der Waals surface area contributed by atoms with E-state index in [0.29, 0.717) is 18.4 Å². The van der Waals surface area contributed by atoms with E-state index in [4.69, 9.17) is 29.4 Å². The van der Waals surface area contributed by atoms with E-state index < -0.39 is 59.4 Å². The smallest absolute Gasteiger partial charge is 0.480 e. The van der Waals surface area contributed by atoms with Gasteiger partial charge in [-0.3, -0.25) is 9.59 Å². The fourth-order valence-corrected chi connectivity index (χ4v) is 3.39. The Labute approximate surface area is 230 Å². The molecule has 0 amide bonds. The number of hydrogen-bond donors (Lipinski definition) is 2. The Bertz CT molecular complexity index is 1020. The van der Waals surface area contributed by atoms with Gasteiger partial charge in [-0.15, -0.1) is 0 Å². The lowest BCUT2D eigenvalue weighted by Crippen LogP contribution is -2.42. The molecule has 0 bridgehead atoms. The molecule has 0 heterocycles. The van der Waals surface area contributed by atoms with Crippen LogP contribution in [0.4, 0.5) is 9.59 Å². The summed E-state index contributed by atoms with van der Waals surface area (Å²) in [6, 6.07) is 2.80. The number of nitrogens with two attached hydrogens (primary N) is 1. The summed E-state index contributed by atoms with van der Waals surface area (Å²) in [5.74, 6) is -3.52. The van der Waals surface area contributed by atoms with Crippen LogP contribution in [0.15, 0.2) is 18.2 Å². The molecule has 11 nitrogen and oxygen atoms in total. The number of carbonyl (C=O) groups is 4. The molecule has 0 aliphatic heterocycles. The Hall–Kier alpha value is -3.34. The zero-order valence-electron chi connectivity index (χ0n) is 24.4. The third-order valence-corrected chi connectivity index (χ3v) is 6.75. The van der Waals surface area contributed by atoms with E-state index in [1.165, 1.54) is 18.2 Å². The van der Waals surface area contributed by atoms with Crippen molar-refractivity contribution < 1.29 is 48.0 Å². The molecule has 0 spiro atoms. The number of carbonyl (C=O) groups excluding carboxylic acids is 3. The Morgan fingerprint density at radius 2 is 1.36 bits per heavy atom. The maximum Gasteiger partial charge on any atom is 0.514 e. The lowest BCUT2D eigenvalue weighted by molar-refractivity contribution is -0.151. The summed E-state index contributed by atoms with van der Waals surface area (Å²) in [6.07, 6.45) is -1.58. The molecule has 1 rings (SSSR count). The van der Waals surface area contributed by atoms with Crippen LogP contribution in [0, 0.1) is 5.92 Å². The van der Waals surface area contributed by atoms with Crippen LogP contribution in [0.25, 0.3) is 0 Å². The second kappa shape index (κ2) is 14.2. The van der Waals surface area contributed by atoms with Crippen LogP contribution >= 0.6 is 0 Å². The largest absolute Gasteiger partial charge is 0.514 e. The van der Waals surface area contributed by atoms with Crippen LogP contribution in [-0.4, -0.2) is 52.7 Å². The zero-order valence-corrected chi connectivity index (χ0v) is 24.4. The molecule has 0 aromatic heterocycles. The molecule has 3 unspecified atom stereocenters. The molecule has 4 atom stereocenters. The Morgan fingerprint density at radius 3 is 1.79 bits per heavy atom. The predicted molar refractivity (Wildman–Crippen MR) is 143 cm³/mol. The molecule has 0 saturated carbocycles. The van der Waals surface area contributed by atoms with Gasteiger partial charge in [-0.2, -0.15) is 0 Å². The molecular weight excluding hydrogens is 510 g/mol. The average molecular weight is 554 g/mol. The second-order valence-electron chi connectivity index (χ2n) is 10.6. The lowest BCUT2D eigenvalue weighted by Gasteiger charge is -2.32. The Morgan fingerprint density at radius 1 is 0.872 bits per heavy atom. The van der Waals surface area contributed by atoms with E-state index >= 15 is 0 Å². The Kier molecular flexibility index (Phi) is 12.2. The number of ether oxygens (including phenoxy) is 5. The SMILES string of the molecule is CCC(=O)OC(C)C(C)C(c1ccc(OC(=O)OC(C)(C)CC)c(OC(=O)OC(C)(C)CC)c1)[C@H](N)C(=O)O. The molecule has 1 aromatic carbocycles. The van der Waals surface area contributed by atoms with Gasteiger partial charge in [0.25, 0.3) is 0 Å². The molecule has 0 radical (unpaired) electrons. The third kappa shape index (κ3) is 10.4. The maximum atomic E-state index is 12.6. The van der Waals surface area contributed by atoms with Crippen molar-refractivity contribution in [2.75, 3.05) is 0 Å². The van der Waals surface area contributed by atoms with E-state index in [1.807, 2.05) is 13.8 Å². The summed E-state index contributed by atoms with van der Waals surface area (Å²) in [6.45, 7) is 15.5. The van der Waals surface area contributed by atoms with Crippen LogP contribution in [0.2, 0.25) is 0 Å². The predicted octanol–water partition coefficient (Wildman–Crippen LogP) is 5.57. The van der Waals surface area contributed by atoms with Gasteiger partial charge in [-0.1, -0.05) is 33.8 Å². The van der Waals surface area contributed by atoms with Gasteiger partial charge in [-0.05, 0) is 65.2 Å². The fourth-order valence-electron chi connectivity index (χ4n) is 3.39. The first-order chi connectivity index (χ1) is 18.0. The van der Waals surface area contributed by atoms with Crippen LogP contribution in [0.1, 0.15) is 93.1 Å². The van der Waals surface area contributed by atoms with Crippen molar-refractivity contribution in [1.82, 2.24) is 0 Å². The minimum absolute atomic E-state index is 0.150. The highest BCUT2D eigenvalue weighted by Gasteiger charge is 2.36. The van der Waals surface area contributed by atoms with Gasteiger partial charge in [-0.25, -0.2) is 9.59 Å². The number of aliphatic carboxylic acids is 1. The van der Waals surface area contributed by atoms with E-state index in [9.17, 15) is 24.3 Å². The zero-order chi connectivity index (χ0) is 30.1. The topological polar surface area (TPSA) is 161 Å². The first kappa shape index (κ1) is 33.7. The third-order valence-electron chi connectivity index (χ3n) is 6.75. The maximum absolute atomic E-state index is 12.6. The summed E-state index contributed by atoms with van der Waals surface area (Å²) in [4.78, 5) is 48.9. The minimum Gasteiger partial charge on any atom is -0.480 e. The van der Waals surface area contributed by atoms with Crippen LogP contribution in [0.5, 0.6) is 11.5 Å². The summed E-state index contributed by atoms with van der Waals surface area (Å²) >= 11 is 0. The van der Waals surface area contributed by atoms with E-state index in [0.717, 1.165) is 0 Å². The number of carboxylic acids is 1. The molecule has 39 heavy (non-hydrogen) atoms. The van der Waals surface area contributed by atoms with Crippen LogP contribution < -0.4 is 15.2 Å². The average Bonchev–Trinajstić information content (AvgIpc) is 2.84. The van der Waals surface area contributed by atoms with Crippen molar-refractivity contribution in [3.8, 4) is 11.5 Å². The van der Waals surface area contributed by atoms with Gasteiger partial charge < -0.3 is 34.5 Å². The number of rotatable bonds is 13.